The lowest BCUT2D eigenvalue weighted by atomic mass is 9.98. The van der Waals surface area contributed by atoms with Crippen LogP contribution in [-0.4, -0.2) is 42.0 Å². The first-order valence-electron chi connectivity index (χ1n) is 10.7. The number of esters is 1. The maximum atomic E-state index is 13.5. The van der Waals surface area contributed by atoms with Crippen molar-refractivity contribution < 1.29 is 31.1 Å². The van der Waals surface area contributed by atoms with Gasteiger partial charge in [-0.2, -0.15) is 4.31 Å². The molecule has 3 aromatic rings. The Labute approximate surface area is 195 Å². The molecule has 0 aliphatic carbocycles. The van der Waals surface area contributed by atoms with Crippen molar-refractivity contribution >= 4 is 16.0 Å². The summed E-state index contributed by atoms with van der Waals surface area (Å²) in [6, 6.07) is 9.99. The quantitative estimate of drug-likeness (QED) is 0.480. The molecule has 1 saturated heterocycles. The van der Waals surface area contributed by atoms with Crippen LogP contribution in [0, 0.1) is 24.5 Å². The Morgan fingerprint density at radius 2 is 1.76 bits per heavy atom. The normalized spacial score (nSPS) is 16.4. The number of aryl methyl sites for hydroxylation is 1. The third-order valence-corrected chi connectivity index (χ3v) is 7.59. The van der Waals surface area contributed by atoms with E-state index in [2.05, 4.69) is 10.2 Å². The number of aromatic nitrogens is 2. The van der Waals surface area contributed by atoms with Gasteiger partial charge in [-0.25, -0.2) is 17.2 Å². The van der Waals surface area contributed by atoms with Crippen LogP contribution >= 0.6 is 0 Å². The molecule has 4 rings (SSSR count). The van der Waals surface area contributed by atoms with E-state index in [0.29, 0.717) is 12.0 Å². The number of carbonyl (C=O) groups is 1. The van der Waals surface area contributed by atoms with Crippen LogP contribution in [0.1, 0.15) is 37.3 Å². The zero-order valence-corrected chi connectivity index (χ0v) is 19.4. The van der Waals surface area contributed by atoms with E-state index in [-0.39, 0.29) is 36.7 Å². The van der Waals surface area contributed by atoms with Crippen LogP contribution < -0.4 is 0 Å². The molecule has 2 heterocycles. The van der Waals surface area contributed by atoms with Gasteiger partial charge in [-0.15, -0.1) is 10.2 Å². The van der Waals surface area contributed by atoms with E-state index < -0.39 is 39.6 Å². The van der Waals surface area contributed by atoms with E-state index >= 15 is 0 Å². The molecule has 180 valence electrons. The number of hydrogen-bond acceptors (Lipinski definition) is 7. The predicted octanol–water partition coefficient (Wildman–Crippen LogP) is 4.03. The van der Waals surface area contributed by atoms with Crippen LogP contribution in [0.25, 0.3) is 11.5 Å². The Bertz CT molecular complexity index is 1290. The highest BCUT2D eigenvalue weighted by Gasteiger charge is 2.34. The topological polar surface area (TPSA) is 103 Å². The minimum Gasteiger partial charge on any atom is -0.452 e. The third-order valence-electron chi connectivity index (χ3n) is 5.70. The van der Waals surface area contributed by atoms with Crippen molar-refractivity contribution in [3.8, 4) is 11.5 Å². The van der Waals surface area contributed by atoms with Crippen molar-refractivity contribution in [3.63, 3.8) is 0 Å². The maximum Gasteiger partial charge on any atom is 0.309 e. The summed E-state index contributed by atoms with van der Waals surface area (Å²) in [5.74, 6) is -2.90. The van der Waals surface area contributed by atoms with Gasteiger partial charge in [0.2, 0.25) is 15.9 Å². The Hall–Kier alpha value is -3.18. The van der Waals surface area contributed by atoms with Crippen molar-refractivity contribution in [2.24, 2.45) is 5.92 Å². The SMILES string of the molecule is Cc1ccc(-c2nnc(C(C)OC(=O)C3CCN(S(=O)(=O)c4ccc(F)c(F)c4)CC3)o2)cc1. The molecule has 1 atom stereocenters. The largest absolute Gasteiger partial charge is 0.452 e. The molecular formula is C23H23F2N3O5S. The van der Waals surface area contributed by atoms with Crippen molar-refractivity contribution in [2.75, 3.05) is 13.1 Å². The van der Waals surface area contributed by atoms with Gasteiger partial charge in [0.25, 0.3) is 5.89 Å². The lowest BCUT2D eigenvalue weighted by molar-refractivity contribution is -0.156. The molecule has 0 radical (unpaired) electrons. The van der Waals surface area contributed by atoms with Crippen LogP contribution in [0.15, 0.2) is 51.8 Å². The minimum absolute atomic E-state index is 0.0492. The van der Waals surface area contributed by atoms with Gasteiger partial charge in [0.15, 0.2) is 17.7 Å². The smallest absolute Gasteiger partial charge is 0.309 e. The second-order valence-corrected chi connectivity index (χ2v) is 10.1. The standard InChI is InChI=1S/C23H23F2N3O5S/c1-14-3-5-16(6-4-14)22-27-26-21(33-22)15(2)32-23(29)17-9-11-28(12-10-17)34(30,31)18-7-8-19(24)20(25)13-18/h3-8,13,15,17H,9-12H2,1-2H3. The number of halogens is 2. The fraction of sp³-hybridized carbons (Fsp3) is 0.348. The number of benzene rings is 2. The highest BCUT2D eigenvalue weighted by Crippen LogP contribution is 2.28. The monoisotopic (exact) mass is 491 g/mol. The molecule has 8 nitrogen and oxygen atoms in total. The summed E-state index contributed by atoms with van der Waals surface area (Å²) in [5, 5.41) is 7.97. The molecule has 34 heavy (non-hydrogen) atoms. The fourth-order valence-corrected chi connectivity index (χ4v) is 5.13. The zero-order chi connectivity index (χ0) is 24.5. The van der Waals surface area contributed by atoms with Gasteiger partial charge in [0.05, 0.1) is 10.8 Å². The molecule has 0 N–H and O–H groups in total. The van der Waals surface area contributed by atoms with Crippen LogP contribution in [0.4, 0.5) is 8.78 Å². The number of sulfonamides is 1. The highest BCUT2D eigenvalue weighted by atomic mass is 32.2. The molecule has 2 aromatic carbocycles. The van der Waals surface area contributed by atoms with Crippen molar-refractivity contribution in [2.45, 2.75) is 37.7 Å². The third kappa shape index (κ3) is 5.00. The van der Waals surface area contributed by atoms with Crippen LogP contribution in [-0.2, 0) is 19.6 Å². The van der Waals surface area contributed by atoms with Gasteiger partial charge in [0.1, 0.15) is 0 Å². The summed E-state index contributed by atoms with van der Waals surface area (Å²) < 4.78 is 64.4. The highest BCUT2D eigenvalue weighted by molar-refractivity contribution is 7.89. The molecule has 0 saturated carbocycles. The van der Waals surface area contributed by atoms with Gasteiger partial charge >= 0.3 is 5.97 Å². The number of piperidine rings is 1. The molecule has 1 aromatic heterocycles. The number of carbonyl (C=O) groups excluding carboxylic acids is 1. The molecule has 0 bridgehead atoms. The second kappa shape index (κ2) is 9.59. The summed E-state index contributed by atoms with van der Waals surface area (Å²) in [6.07, 6.45) is -0.317. The Morgan fingerprint density at radius 1 is 1.09 bits per heavy atom. The summed E-state index contributed by atoms with van der Waals surface area (Å²) in [6.45, 7) is 3.68. The Kier molecular flexibility index (Phi) is 6.76. The van der Waals surface area contributed by atoms with Crippen LogP contribution in [0.5, 0.6) is 0 Å². The number of rotatable bonds is 6. The fourth-order valence-electron chi connectivity index (χ4n) is 3.65. The van der Waals surface area contributed by atoms with E-state index in [1.165, 1.54) is 0 Å². The Balaban J connectivity index is 1.34. The summed E-state index contributed by atoms with van der Waals surface area (Å²) in [7, 11) is -4.00. The minimum atomic E-state index is -4.00. The number of hydrogen-bond donors (Lipinski definition) is 0. The molecule has 1 unspecified atom stereocenters. The van der Waals surface area contributed by atoms with Gasteiger partial charge in [-0.05, 0) is 57.0 Å². The lowest BCUT2D eigenvalue weighted by Gasteiger charge is -2.30. The van der Waals surface area contributed by atoms with E-state index in [1.54, 1.807) is 6.92 Å². The molecule has 1 aliphatic rings. The molecule has 1 aliphatic heterocycles. The molecule has 11 heteroatoms. The van der Waals surface area contributed by atoms with Crippen LogP contribution in [0.3, 0.4) is 0 Å². The molecule has 0 amide bonds. The van der Waals surface area contributed by atoms with Gasteiger partial charge < -0.3 is 9.15 Å². The van der Waals surface area contributed by atoms with Gasteiger partial charge in [0, 0.05) is 18.7 Å². The average molecular weight is 492 g/mol. The van der Waals surface area contributed by atoms with Crippen LogP contribution in [0.2, 0.25) is 0 Å². The summed E-state index contributed by atoms with van der Waals surface area (Å²) >= 11 is 0. The van der Waals surface area contributed by atoms with E-state index in [0.717, 1.165) is 27.6 Å². The van der Waals surface area contributed by atoms with Crippen molar-refractivity contribution in [1.29, 1.82) is 0 Å². The predicted molar refractivity (Wildman–Crippen MR) is 117 cm³/mol. The first kappa shape index (κ1) is 24.0. The maximum absolute atomic E-state index is 13.5. The van der Waals surface area contributed by atoms with Gasteiger partial charge in [-0.3, -0.25) is 4.79 Å². The zero-order valence-electron chi connectivity index (χ0n) is 18.6. The summed E-state index contributed by atoms with van der Waals surface area (Å²) in [4.78, 5) is 12.3. The first-order chi connectivity index (χ1) is 16.1. The average Bonchev–Trinajstić information content (AvgIpc) is 3.32. The van der Waals surface area contributed by atoms with Crippen molar-refractivity contribution in [3.05, 3.63) is 65.6 Å². The van der Waals surface area contributed by atoms with E-state index in [9.17, 15) is 22.0 Å². The molecule has 1 fully saturated rings. The number of ether oxygens (including phenoxy) is 1. The molecule has 0 spiro atoms. The lowest BCUT2D eigenvalue weighted by Crippen LogP contribution is -2.40. The Morgan fingerprint density at radius 3 is 2.41 bits per heavy atom. The second-order valence-electron chi connectivity index (χ2n) is 8.14. The number of nitrogens with zero attached hydrogens (tertiary/aromatic N) is 3. The van der Waals surface area contributed by atoms with E-state index in [4.69, 9.17) is 9.15 Å². The molecular weight excluding hydrogens is 468 g/mol. The van der Waals surface area contributed by atoms with E-state index in [1.807, 2.05) is 31.2 Å². The summed E-state index contributed by atoms with van der Waals surface area (Å²) in [5.41, 5.74) is 1.84. The van der Waals surface area contributed by atoms with Crippen molar-refractivity contribution in [1.82, 2.24) is 14.5 Å². The van der Waals surface area contributed by atoms with Gasteiger partial charge in [-0.1, -0.05) is 17.7 Å². The first-order valence-corrected chi connectivity index (χ1v) is 12.2.